The number of aromatic nitrogens is 1. The van der Waals surface area contributed by atoms with Crippen LogP contribution < -0.4 is 24.8 Å². The van der Waals surface area contributed by atoms with Gasteiger partial charge in [-0.2, -0.15) is 0 Å². The quantitative estimate of drug-likeness (QED) is 0.487. The van der Waals surface area contributed by atoms with Crippen molar-refractivity contribution < 1.29 is 41.6 Å². The van der Waals surface area contributed by atoms with Crippen molar-refractivity contribution in [1.29, 1.82) is 0 Å². The zero-order valence-electron chi connectivity index (χ0n) is 16.8. The van der Waals surface area contributed by atoms with E-state index in [1.54, 1.807) is 0 Å². The van der Waals surface area contributed by atoms with Crippen LogP contribution in [0.15, 0.2) is 64.6 Å². The largest absolute Gasteiger partial charge is 2.00 e. The summed E-state index contributed by atoms with van der Waals surface area (Å²) in [5.74, 6) is 0. The molecule has 0 saturated carbocycles. The fraction of sp³-hybridized carbons (Fsp3) is 0.174. The van der Waals surface area contributed by atoms with Crippen LogP contribution in [0.5, 0.6) is 0 Å². The molecule has 1 radical (unpaired) electrons. The summed E-state index contributed by atoms with van der Waals surface area (Å²) in [7, 11) is 0. The first-order valence-corrected chi connectivity index (χ1v) is 8.72. The van der Waals surface area contributed by atoms with Crippen LogP contribution in [0.25, 0.3) is 0 Å². The zero-order chi connectivity index (χ0) is 18.5. The Hall–Kier alpha value is -1.98. The second kappa shape index (κ2) is 12.6. The molecule has 6 heteroatoms. The molecule has 0 amide bonds. The van der Waals surface area contributed by atoms with E-state index in [9.17, 15) is 0 Å². The Morgan fingerprint density at radius 1 is 0.586 bits per heavy atom. The zero-order valence-corrected chi connectivity index (χ0v) is 19.3. The van der Waals surface area contributed by atoms with Crippen molar-refractivity contribution in [2.45, 2.75) is 27.7 Å². The van der Waals surface area contributed by atoms with Gasteiger partial charge in [-0.25, -0.2) is 4.98 Å². The molecule has 3 aromatic rings. The summed E-state index contributed by atoms with van der Waals surface area (Å²) in [5, 5.41) is 0. The first-order valence-electron chi connectivity index (χ1n) is 8.72. The molecule has 153 valence electrons. The summed E-state index contributed by atoms with van der Waals surface area (Å²) < 4.78 is 0. The first-order chi connectivity index (χ1) is 12.5. The van der Waals surface area contributed by atoms with Gasteiger partial charge in [-0.05, 0) is 62.1 Å². The molecule has 2 aromatic carbocycles. The van der Waals surface area contributed by atoms with Gasteiger partial charge in [0.2, 0.25) is 0 Å². The van der Waals surface area contributed by atoms with E-state index in [4.69, 9.17) is 0 Å². The van der Waals surface area contributed by atoms with E-state index in [0.29, 0.717) is 0 Å². The van der Waals surface area contributed by atoms with Gasteiger partial charge in [0.25, 0.3) is 0 Å². The Kier molecular flexibility index (Phi) is 11.7. The molecule has 0 N–H and O–H groups in total. The Labute approximate surface area is 195 Å². The molecular formula is C23H23Cl2CoN3. The first kappa shape index (κ1) is 27.0. The normalized spacial score (nSPS) is 10.3. The molecule has 0 aliphatic heterocycles. The maximum atomic E-state index is 4.63. The molecule has 0 atom stereocenters. The van der Waals surface area contributed by atoms with Gasteiger partial charge in [0.15, 0.2) is 0 Å². The molecule has 1 aromatic heterocycles. The predicted molar refractivity (Wildman–Crippen MR) is 111 cm³/mol. The Morgan fingerprint density at radius 3 is 1.24 bits per heavy atom. The van der Waals surface area contributed by atoms with Crippen LogP contribution in [-0.2, 0) is 16.8 Å². The average molecular weight is 471 g/mol. The monoisotopic (exact) mass is 470 g/mol. The van der Waals surface area contributed by atoms with Crippen LogP contribution in [0.2, 0.25) is 0 Å². The van der Waals surface area contributed by atoms with Crippen molar-refractivity contribution in [3.05, 3.63) is 88.2 Å². The molecule has 29 heavy (non-hydrogen) atoms. The summed E-state index contributed by atoms with van der Waals surface area (Å²) in [6.07, 6.45) is 3.62. The van der Waals surface area contributed by atoms with Crippen LogP contribution in [0.3, 0.4) is 0 Å². The standard InChI is InChI=1S/C23H23N3.2ClH.Co/c1-16-8-5-9-17(2)22(16)24-14-20-12-7-13-21(26-20)15-25-23-18(3)10-6-11-19(23)4;;;/h5-15H,1-4H3;2*1H;/q;;;+2/p-2. The molecule has 0 aliphatic carbocycles. The fourth-order valence-electron chi connectivity index (χ4n) is 2.89. The van der Waals surface area contributed by atoms with Crippen molar-refractivity contribution in [2.24, 2.45) is 9.98 Å². The molecular weight excluding hydrogens is 448 g/mol. The second-order valence-electron chi connectivity index (χ2n) is 6.48. The van der Waals surface area contributed by atoms with Crippen LogP contribution in [0.4, 0.5) is 11.4 Å². The number of aryl methyl sites for hydroxylation is 4. The minimum atomic E-state index is 0. The Bertz CT molecular complexity index is 884. The van der Waals surface area contributed by atoms with Crippen LogP contribution in [0.1, 0.15) is 33.6 Å². The van der Waals surface area contributed by atoms with E-state index in [1.165, 1.54) is 0 Å². The number of hydrogen-bond acceptors (Lipinski definition) is 3. The fourth-order valence-corrected chi connectivity index (χ4v) is 2.89. The van der Waals surface area contributed by atoms with Gasteiger partial charge in [-0.3, -0.25) is 9.98 Å². The number of aliphatic imine (C=N–C) groups is 2. The third kappa shape index (κ3) is 7.09. The van der Waals surface area contributed by atoms with Gasteiger partial charge >= 0.3 is 16.8 Å². The summed E-state index contributed by atoms with van der Waals surface area (Å²) in [6, 6.07) is 18.3. The summed E-state index contributed by atoms with van der Waals surface area (Å²) in [4.78, 5) is 13.9. The molecule has 0 aliphatic rings. The van der Waals surface area contributed by atoms with Gasteiger partial charge in [-0.1, -0.05) is 42.5 Å². The van der Waals surface area contributed by atoms with Gasteiger partial charge in [0, 0.05) is 0 Å². The number of hydrogen-bond donors (Lipinski definition) is 0. The Balaban J connectivity index is 0.00000261. The Morgan fingerprint density at radius 2 is 0.897 bits per heavy atom. The third-order valence-electron chi connectivity index (χ3n) is 4.32. The maximum Gasteiger partial charge on any atom is 2.00 e. The molecule has 0 unspecified atom stereocenters. The number of nitrogens with zero attached hydrogens (tertiary/aromatic N) is 3. The van der Waals surface area contributed by atoms with E-state index < -0.39 is 0 Å². The minimum absolute atomic E-state index is 0. The SMILES string of the molecule is Cc1cccc(C)c1N=Cc1cccc(C=Nc2c(C)cccc2C)n1.[Cl-].[Cl-].[Co+2]. The van der Waals surface area contributed by atoms with E-state index in [2.05, 4.69) is 66.9 Å². The van der Waals surface area contributed by atoms with E-state index >= 15 is 0 Å². The van der Waals surface area contributed by atoms with E-state index in [0.717, 1.165) is 45.0 Å². The minimum Gasteiger partial charge on any atom is -1.00 e. The average Bonchev–Trinajstić information content (AvgIpc) is 2.61. The van der Waals surface area contributed by atoms with Crippen molar-refractivity contribution in [1.82, 2.24) is 4.98 Å². The van der Waals surface area contributed by atoms with Crippen LogP contribution in [-0.4, -0.2) is 17.4 Å². The summed E-state index contributed by atoms with van der Waals surface area (Å²) in [5.41, 5.74) is 8.29. The number of rotatable bonds is 4. The van der Waals surface area contributed by atoms with Gasteiger partial charge < -0.3 is 24.8 Å². The second-order valence-corrected chi connectivity index (χ2v) is 6.48. The summed E-state index contributed by atoms with van der Waals surface area (Å²) >= 11 is 0. The van der Waals surface area contributed by atoms with E-state index in [-0.39, 0.29) is 41.6 Å². The molecule has 0 saturated heterocycles. The van der Waals surface area contributed by atoms with Crippen molar-refractivity contribution >= 4 is 23.8 Å². The molecule has 1 heterocycles. The smallest absolute Gasteiger partial charge is 1.00 e. The van der Waals surface area contributed by atoms with Crippen LogP contribution >= 0.6 is 0 Å². The van der Waals surface area contributed by atoms with Crippen molar-refractivity contribution in [3.8, 4) is 0 Å². The van der Waals surface area contributed by atoms with Gasteiger partial charge in [-0.15, -0.1) is 0 Å². The van der Waals surface area contributed by atoms with Crippen molar-refractivity contribution in [2.75, 3.05) is 0 Å². The number of halogens is 2. The molecule has 3 nitrogen and oxygen atoms in total. The van der Waals surface area contributed by atoms with E-state index in [1.807, 2.05) is 42.8 Å². The topological polar surface area (TPSA) is 37.6 Å². The molecule has 0 fully saturated rings. The van der Waals surface area contributed by atoms with Crippen LogP contribution in [0, 0.1) is 27.7 Å². The predicted octanol–water partition coefficient (Wildman–Crippen LogP) is -0.178. The number of benzene rings is 2. The van der Waals surface area contributed by atoms with Gasteiger partial charge in [0.1, 0.15) is 0 Å². The van der Waals surface area contributed by atoms with Gasteiger partial charge in [0.05, 0.1) is 35.2 Å². The summed E-state index contributed by atoms with van der Waals surface area (Å²) in [6.45, 7) is 8.28. The maximum absolute atomic E-state index is 4.63. The van der Waals surface area contributed by atoms with Crippen molar-refractivity contribution in [3.63, 3.8) is 0 Å². The molecule has 3 rings (SSSR count). The number of pyridine rings is 1. The third-order valence-corrected chi connectivity index (χ3v) is 4.32. The molecule has 0 bridgehead atoms. The molecule has 0 spiro atoms. The number of para-hydroxylation sites is 2.